The van der Waals surface area contributed by atoms with E-state index in [0.29, 0.717) is 37.4 Å². The standard InChI is InChI=1S/C20H30FN7O2/c1-24-17(14-22)18(27-19(23)25-2)28(3)12-4-5-13-30-20(29)26-11-10-15-6-8-16(21)9-7-15/h6-9H,1-2,4-5,10-14,22H2,3H3,(H2,23,27)(H,26,29). The first kappa shape index (κ1) is 24.8. The number of alkyl carbamates (subject to hydrolysis) is 1. The fourth-order valence-corrected chi connectivity index (χ4v) is 2.47. The number of hydrogen-bond donors (Lipinski definition) is 3. The topological polar surface area (TPSA) is 131 Å². The molecule has 0 bridgehead atoms. The summed E-state index contributed by atoms with van der Waals surface area (Å²) in [6, 6.07) is 6.14. The van der Waals surface area contributed by atoms with Crippen molar-refractivity contribution in [1.82, 2.24) is 10.2 Å². The second kappa shape index (κ2) is 13.8. The van der Waals surface area contributed by atoms with E-state index in [1.54, 1.807) is 12.1 Å². The van der Waals surface area contributed by atoms with E-state index in [1.165, 1.54) is 12.1 Å². The van der Waals surface area contributed by atoms with E-state index in [1.807, 2.05) is 11.9 Å². The van der Waals surface area contributed by atoms with Crippen LogP contribution in [0, 0.1) is 5.82 Å². The fourth-order valence-electron chi connectivity index (χ4n) is 2.47. The summed E-state index contributed by atoms with van der Waals surface area (Å²) in [7, 11) is 1.82. The van der Waals surface area contributed by atoms with Crippen molar-refractivity contribution in [3.63, 3.8) is 0 Å². The van der Waals surface area contributed by atoms with Crippen molar-refractivity contribution in [3.8, 4) is 0 Å². The molecule has 0 spiro atoms. The number of carbonyl (C=O) groups excluding carboxylic acids is 1. The number of nitrogens with one attached hydrogen (secondary N) is 1. The van der Waals surface area contributed by atoms with Crippen LogP contribution < -0.4 is 16.8 Å². The van der Waals surface area contributed by atoms with Gasteiger partial charge in [-0.3, -0.25) is 4.99 Å². The Morgan fingerprint density at radius 3 is 2.53 bits per heavy atom. The van der Waals surface area contributed by atoms with E-state index in [4.69, 9.17) is 16.2 Å². The summed E-state index contributed by atoms with van der Waals surface area (Å²) in [5.74, 6) is 0.191. The molecule has 1 amide bonds. The molecule has 10 heteroatoms. The minimum Gasteiger partial charge on any atom is -0.450 e. The molecule has 30 heavy (non-hydrogen) atoms. The lowest BCUT2D eigenvalue weighted by Crippen LogP contribution is -2.27. The van der Waals surface area contributed by atoms with Gasteiger partial charge in [-0.05, 0) is 50.4 Å². The Hall–Kier alpha value is -3.27. The first-order chi connectivity index (χ1) is 14.4. The second-order valence-electron chi connectivity index (χ2n) is 6.33. The Kier molecular flexibility index (Phi) is 11.4. The van der Waals surface area contributed by atoms with Gasteiger partial charge in [0.15, 0.2) is 5.82 Å². The van der Waals surface area contributed by atoms with Gasteiger partial charge >= 0.3 is 6.09 Å². The van der Waals surface area contributed by atoms with Crippen LogP contribution in [0.3, 0.4) is 0 Å². The number of ether oxygens (including phenoxy) is 1. The molecular formula is C20H30FN7O2. The lowest BCUT2D eigenvalue weighted by atomic mass is 10.1. The number of aliphatic imine (C=N–C) groups is 3. The summed E-state index contributed by atoms with van der Waals surface area (Å²) in [5, 5.41) is 2.67. The molecule has 0 radical (unpaired) electrons. The predicted molar refractivity (Wildman–Crippen MR) is 118 cm³/mol. The molecule has 0 heterocycles. The zero-order valence-corrected chi connectivity index (χ0v) is 17.3. The van der Waals surface area contributed by atoms with Crippen LogP contribution in [-0.2, 0) is 11.2 Å². The molecule has 1 rings (SSSR count). The van der Waals surface area contributed by atoms with Gasteiger partial charge in [0, 0.05) is 26.7 Å². The molecule has 164 valence electrons. The van der Waals surface area contributed by atoms with Gasteiger partial charge in [0.25, 0.3) is 0 Å². The molecule has 9 nitrogen and oxygen atoms in total. The molecule has 0 aromatic heterocycles. The molecule has 1 aromatic rings. The van der Waals surface area contributed by atoms with Crippen LogP contribution >= 0.6 is 0 Å². The third kappa shape index (κ3) is 9.28. The van der Waals surface area contributed by atoms with Gasteiger partial charge in [-0.2, -0.15) is 4.99 Å². The SMILES string of the molecule is C=NC(N)=NC(=C(CN)N=C)N(C)CCCCOC(=O)NCCc1ccc(F)cc1. The lowest BCUT2D eigenvalue weighted by molar-refractivity contribution is 0.143. The number of amides is 1. The van der Waals surface area contributed by atoms with Crippen molar-refractivity contribution in [3.05, 3.63) is 47.2 Å². The number of nitrogens with zero attached hydrogens (tertiary/aromatic N) is 4. The highest BCUT2D eigenvalue weighted by atomic mass is 19.1. The molecular weight excluding hydrogens is 389 g/mol. The zero-order valence-electron chi connectivity index (χ0n) is 17.3. The minimum absolute atomic E-state index is 0.00657. The highest BCUT2D eigenvalue weighted by Crippen LogP contribution is 2.12. The Bertz CT molecular complexity index is 763. The van der Waals surface area contributed by atoms with Gasteiger partial charge in [-0.1, -0.05) is 12.1 Å². The average molecular weight is 420 g/mol. The quantitative estimate of drug-likeness (QED) is 0.269. The smallest absolute Gasteiger partial charge is 0.407 e. The van der Waals surface area contributed by atoms with Crippen molar-refractivity contribution in [2.75, 3.05) is 33.3 Å². The maximum absolute atomic E-state index is 12.9. The number of guanidine groups is 1. The number of carbonyl (C=O) groups is 1. The Morgan fingerprint density at radius 1 is 1.23 bits per heavy atom. The summed E-state index contributed by atoms with van der Waals surface area (Å²) in [5.41, 5.74) is 12.7. The Balaban J connectivity index is 2.33. The van der Waals surface area contributed by atoms with Crippen molar-refractivity contribution in [2.24, 2.45) is 26.4 Å². The molecule has 0 aliphatic carbocycles. The molecule has 0 saturated heterocycles. The number of hydrogen-bond acceptors (Lipinski definition) is 6. The van der Waals surface area contributed by atoms with E-state index in [2.05, 4.69) is 33.7 Å². The first-order valence-electron chi connectivity index (χ1n) is 9.48. The van der Waals surface area contributed by atoms with Crippen molar-refractivity contribution >= 4 is 25.5 Å². The number of unbranched alkanes of at least 4 members (excludes halogenated alkanes) is 1. The fraction of sp³-hybridized carbons (Fsp3) is 0.400. The Morgan fingerprint density at radius 2 is 1.93 bits per heavy atom. The predicted octanol–water partition coefficient (Wildman–Crippen LogP) is 1.65. The van der Waals surface area contributed by atoms with Crippen LogP contribution in [-0.4, -0.2) is 63.7 Å². The maximum atomic E-state index is 12.9. The van der Waals surface area contributed by atoms with Crippen LogP contribution in [0.15, 0.2) is 50.8 Å². The molecule has 0 unspecified atom stereocenters. The third-order valence-corrected chi connectivity index (χ3v) is 4.10. The second-order valence-corrected chi connectivity index (χ2v) is 6.33. The van der Waals surface area contributed by atoms with Gasteiger partial charge in [0.05, 0.1) is 12.3 Å². The zero-order chi connectivity index (χ0) is 22.4. The first-order valence-corrected chi connectivity index (χ1v) is 9.48. The Labute approximate surface area is 176 Å². The van der Waals surface area contributed by atoms with Crippen LogP contribution in [0.25, 0.3) is 0 Å². The number of rotatable bonds is 12. The van der Waals surface area contributed by atoms with E-state index in [-0.39, 0.29) is 24.9 Å². The van der Waals surface area contributed by atoms with E-state index >= 15 is 0 Å². The summed E-state index contributed by atoms with van der Waals surface area (Å²) < 4.78 is 18.0. The van der Waals surface area contributed by atoms with Crippen LogP contribution in [0.1, 0.15) is 18.4 Å². The summed E-state index contributed by atoms with van der Waals surface area (Å²) in [4.78, 5) is 25.2. The van der Waals surface area contributed by atoms with E-state index < -0.39 is 6.09 Å². The van der Waals surface area contributed by atoms with Crippen LogP contribution in [0.2, 0.25) is 0 Å². The van der Waals surface area contributed by atoms with Gasteiger partial charge in [-0.15, -0.1) is 0 Å². The summed E-state index contributed by atoms with van der Waals surface area (Å²) >= 11 is 0. The maximum Gasteiger partial charge on any atom is 0.407 e. The summed E-state index contributed by atoms with van der Waals surface area (Å²) in [6.07, 6.45) is 1.50. The van der Waals surface area contributed by atoms with E-state index in [9.17, 15) is 9.18 Å². The van der Waals surface area contributed by atoms with Crippen LogP contribution in [0.4, 0.5) is 9.18 Å². The van der Waals surface area contributed by atoms with Crippen LogP contribution in [0.5, 0.6) is 0 Å². The van der Waals surface area contributed by atoms with Crippen molar-refractivity contribution in [1.29, 1.82) is 0 Å². The molecule has 0 atom stereocenters. The highest BCUT2D eigenvalue weighted by Gasteiger charge is 2.10. The molecule has 0 saturated carbocycles. The largest absolute Gasteiger partial charge is 0.450 e. The minimum atomic E-state index is -0.484. The lowest BCUT2D eigenvalue weighted by Gasteiger charge is -2.21. The normalized spacial score (nSPS) is 12.0. The van der Waals surface area contributed by atoms with Gasteiger partial charge in [-0.25, -0.2) is 14.2 Å². The van der Waals surface area contributed by atoms with Gasteiger partial charge < -0.3 is 26.4 Å². The number of halogens is 1. The highest BCUT2D eigenvalue weighted by molar-refractivity contribution is 5.83. The average Bonchev–Trinajstić information content (AvgIpc) is 2.74. The van der Waals surface area contributed by atoms with E-state index in [0.717, 1.165) is 12.0 Å². The number of nitrogens with two attached hydrogens (primary N) is 2. The molecule has 0 fully saturated rings. The summed E-state index contributed by atoms with van der Waals surface area (Å²) in [6.45, 7) is 8.28. The van der Waals surface area contributed by atoms with Crippen molar-refractivity contribution in [2.45, 2.75) is 19.3 Å². The molecule has 5 N–H and O–H groups in total. The molecule has 0 aliphatic rings. The third-order valence-electron chi connectivity index (χ3n) is 4.10. The monoisotopic (exact) mass is 419 g/mol. The molecule has 1 aromatic carbocycles. The molecule has 0 aliphatic heterocycles. The van der Waals surface area contributed by atoms with Gasteiger partial charge in [0.2, 0.25) is 5.96 Å². The van der Waals surface area contributed by atoms with Gasteiger partial charge in [0.1, 0.15) is 5.82 Å². The number of benzene rings is 1. The van der Waals surface area contributed by atoms with Crippen molar-refractivity contribution < 1.29 is 13.9 Å².